The van der Waals surface area contributed by atoms with Crippen LogP contribution < -0.4 is 5.32 Å². The molecule has 1 amide bonds. The Labute approximate surface area is 91.2 Å². The van der Waals surface area contributed by atoms with E-state index in [0.29, 0.717) is 12.0 Å². The van der Waals surface area contributed by atoms with Crippen LogP contribution in [0.5, 0.6) is 0 Å². The van der Waals surface area contributed by atoms with Gasteiger partial charge in [0.15, 0.2) is 0 Å². The molecule has 3 heteroatoms. The molecule has 0 aromatic carbocycles. The Hall–Kier alpha value is -0.570. The topological polar surface area (TPSA) is 49.3 Å². The van der Waals surface area contributed by atoms with Gasteiger partial charge in [-0.15, -0.1) is 0 Å². The van der Waals surface area contributed by atoms with Gasteiger partial charge in [-0.05, 0) is 38.0 Å². The van der Waals surface area contributed by atoms with E-state index in [2.05, 4.69) is 12.2 Å². The summed E-state index contributed by atoms with van der Waals surface area (Å²) < 4.78 is 0. The van der Waals surface area contributed by atoms with Crippen molar-refractivity contribution in [2.75, 3.05) is 0 Å². The Kier molecular flexibility index (Phi) is 3.29. The van der Waals surface area contributed by atoms with Crippen molar-refractivity contribution in [3.8, 4) is 0 Å². The van der Waals surface area contributed by atoms with Crippen molar-refractivity contribution >= 4 is 5.91 Å². The molecule has 0 aromatic heterocycles. The predicted molar refractivity (Wildman–Crippen MR) is 58.3 cm³/mol. The van der Waals surface area contributed by atoms with Crippen LogP contribution in [0.2, 0.25) is 0 Å². The van der Waals surface area contributed by atoms with Crippen LogP contribution in [0.25, 0.3) is 0 Å². The van der Waals surface area contributed by atoms with E-state index >= 15 is 0 Å². The highest BCUT2D eigenvalue weighted by Gasteiger charge is 2.34. The third kappa shape index (κ3) is 2.33. The van der Waals surface area contributed by atoms with Gasteiger partial charge in [0.2, 0.25) is 5.91 Å². The molecule has 2 fully saturated rings. The van der Waals surface area contributed by atoms with E-state index in [1.807, 2.05) is 0 Å². The lowest BCUT2D eigenvalue weighted by atomic mass is 10.0. The molecule has 4 unspecified atom stereocenters. The minimum absolute atomic E-state index is 0.0822. The largest absolute Gasteiger partial charge is 0.392 e. The maximum absolute atomic E-state index is 11.9. The number of aliphatic hydroxyl groups is 1. The first-order valence-electron chi connectivity index (χ1n) is 6.17. The second-order valence-electron chi connectivity index (χ2n) is 5.13. The highest BCUT2D eigenvalue weighted by Crippen LogP contribution is 2.28. The lowest BCUT2D eigenvalue weighted by molar-refractivity contribution is -0.128. The van der Waals surface area contributed by atoms with Gasteiger partial charge in [-0.1, -0.05) is 13.3 Å². The van der Waals surface area contributed by atoms with Crippen molar-refractivity contribution < 1.29 is 9.90 Å². The number of aliphatic hydroxyl groups excluding tert-OH is 1. The molecular weight excluding hydrogens is 190 g/mol. The van der Waals surface area contributed by atoms with E-state index in [9.17, 15) is 9.90 Å². The van der Waals surface area contributed by atoms with Crippen molar-refractivity contribution in [3.05, 3.63) is 0 Å². The number of amides is 1. The van der Waals surface area contributed by atoms with Crippen LogP contribution in [0.15, 0.2) is 0 Å². The van der Waals surface area contributed by atoms with Gasteiger partial charge in [0.1, 0.15) is 0 Å². The van der Waals surface area contributed by atoms with Crippen LogP contribution >= 0.6 is 0 Å². The van der Waals surface area contributed by atoms with Crippen molar-refractivity contribution in [1.82, 2.24) is 5.32 Å². The second-order valence-corrected chi connectivity index (χ2v) is 5.13. The number of nitrogens with one attached hydrogen (secondary N) is 1. The van der Waals surface area contributed by atoms with Gasteiger partial charge in [0.25, 0.3) is 0 Å². The van der Waals surface area contributed by atoms with Gasteiger partial charge in [-0.3, -0.25) is 4.79 Å². The maximum Gasteiger partial charge on any atom is 0.225 e. The van der Waals surface area contributed by atoms with Crippen molar-refractivity contribution in [1.29, 1.82) is 0 Å². The fourth-order valence-corrected chi connectivity index (χ4v) is 2.90. The quantitative estimate of drug-likeness (QED) is 0.726. The lowest BCUT2D eigenvalue weighted by Gasteiger charge is -2.21. The molecule has 2 saturated carbocycles. The molecule has 0 saturated heterocycles. The first-order chi connectivity index (χ1) is 7.18. The summed E-state index contributed by atoms with van der Waals surface area (Å²) in [5.74, 6) is 0.545. The van der Waals surface area contributed by atoms with Gasteiger partial charge in [0.05, 0.1) is 12.0 Å². The zero-order chi connectivity index (χ0) is 10.8. The molecule has 0 heterocycles. The number of carbonyl (C=O) groups excluding carboxylic acids is 1. The zero-order valence-electron chi connectivity index (χ0n) is 9.41. The molecule has 0 spiro atoms. The monoisotopic (exact) mass is 211 g/mol. The predicted octanol–water partition coefficient (Wildman–Crippen LogP) is 1.45. The third-order valence-corrected chi connectivity index (χ3v) is 4.01. The summed E-state index contributed by atoms with van der Waals surface area (Å²) in [6.45, 7) is 2.20. The van der Waals surface area contributed by atoms with E-state index < -0.39 is 6.10 Å². The standard InChI is InChI=1S/C12H21NO2/c1-8-4-2-6-10(8)13-12(15)9-5-3-7-11(9)14/h8-11,14H,2-7H2,1H3,(H,13,15). The molecule has 0 radical (unpaired) electrons. The number of hydrogen-bond acceptors (Lipinski definition) is 2. The molecule has 0 aromatic rings. The Balaban J connectivity index is 1.86. The Morgan fingerprint density at radius 3 is 2.47 bits per heavy atom. The van der Waals surface area contributed by atoms with Gasteiger partial charge in [-0.2, -0.15) is 0 Å². The summed E-state index contributed by atoms with van der Waals surface area (Å²) in [7, 11) is 0. The molecule has 2 aliphatic carbocycles. The van der Waals surface area contributed by atoms with Gasteiger partial charge in [0, 0.05) is 6.04 Å². The van der Waals surface area contributed by atoms with Gasteiger partial charge >= 0.3 is 0 Å². The maximum atomic E-state index is 11.9. The van der Waals surface area contributed by atoms with Crippen LogP contribution in [0.4, 0.5) is 0 Å². The fraction of sp³-hybridized carbons (Fsp3) is 0.917. The van der Waals surface area contributed by atoms with Crippen molar-refractivity contribution in [2.45, 2.75) is 57.6 Å². The van der Waals surface area contributed by atoms with E-state index in [1.54, 1.807) is 0 Å². The van der Waals surface area contributed by atoms with Crippen LogP contribution in [-0.2, 0) is 4.79 Å². The average Bonchev–Trinajstić information content (AvgIpc) is 2.76. The fourth-order valence-electron chi connectivity index (χ4n) is 2.90. The molecule has 86 valence electrons. The van der Waals surface area contributed by atoms with Crippen molar-refractivity contribution in [3.63, 3.8) is 0 Å². The van der Waals surface area contributed by atoms with Crippen molar-refractivity contribution in [2.24, 2.45) is 11.8 Å². The van der Waals surface area contributed by atoms with Gasteiger partial charge < -0.3 is 10.4 Å². The summed E-state index contributed by atoms with van der Waals surface area (Å²) in [5.41, 5.74) is 0. The molecular formula is C12H21NO2. The second kappa shape index (κ2) is 4.52. The summed E-state index contributed by atoms with van der Waals surface area (Å²) in [5, 5.41) is 12.7. The van der Waals surface area contributed by atoms with Crippen LogP contribution in [-0.4, -0.2) is 23.2 Å². The van der Waals surface area contributed by atoms with E-state index in [-0.39, 0.29) is 11.8 Å². The molecule has 0 bridgehead atoms. The Morgan fingerprint density at radius 1 is 1.20 bits per heavy atom. The molecule has 0 aliphatic heterocycles. The minimum Gasteiger partial charge on any atom is -0.392 e. The molecule has 4 atom stereocenters. The van der Waals surface area contributed by atoms with Crippen LogP contribution in [0.3, 0.4) is 0 Å². The summed E-state index contributed by atoms with van der Waals surface area (Å²) in [6, 6.07) is 0.352. The first-order valence-corrected chi connectivity index (χ1v) is 6.17. The minimum atomic E-state index is -0.401. The highest BCUT2D eigenvalue weighted by molar-refractivity contribution is 5.79. The van der Waals surface area contributed by atoms with E-state index in [0.717, 1.165) is 25.7 Å². The summed E-state index contributed by atoms with van der Waals surface area (Å²) in [6.07, 6.45) is 5.78. The highest BCUT2D eigenvalue weighted by atomic mass is 16.3. The Morgan fingerprint density at radius 2 is 1.93 bits per heavy atom. The van der Waals surface area contributed by atoms with E-state index in [1.165, 1.54) is 12.8 Å². The lowest BCUT2D eigenvalue weighted by Crippen LogP contribution is -2.42. The van der Waals surface area contributed by atoms with E-state index in [4.69, 9.17) is 0 Å². The Bertz CT molecular complexity index is 242. The number of carbonyl (C=O) groups is 1. The normalized spacial score (nSPS) is 40.7. The molecule has 2 N–H and O–H groups in total. The smallest absolute Gasteiger partial charge is 0.225 e. The number of hydrogen-bond donors (Lipinski definition) is 2. The molecule has 2 aliphatic rings. The first kappa shape index (κ1) is 10.9. The van der Waals surface area contributed by atoms with Crippen LogP contribution in [0, 0.1) is 11.8 Å². The SMILES string of the molecule is CC1CCCC1NC(=O)C1CCCC1O. The zero-order valence-corrected chi connectivity index (χ0v) is 9.41. The number of rotatable bonds is 2. The average molecular weight is 211 g/mol. The van der Waals surface area contributed by atoms with Crippen LogP contribution in [0.1, 0.15) is 45.4 Å². The third-order valence-electron chi connectivity index (χ3n) is 4.01. The summed E-state index contributed by atoms with van der Waals surface area (Å²) >= 11 is 0. The molecule has 2 rings (SSSR count). The molecule has 3 nitrogen and oxygen atoms in total. The summed E-state index contributed by atoms with van der Waals surface area (Å²) in [4.78, 5) is 11.9. The molecule has 15 heavy (non-hydrogen) atoms. The van der Waals surface area contributed by atoms with Gasteiger partial charge in [-0.25, -0.2) is 0 Å².